The molecule has 0 aromatic carbocycles. The molecule has 0 aliphatic heterocycles. The standard InChI is InChI=1S/C6H10Cl2OSi2/c7-5-2-1-3-6(8,4-5)11-9-10/h1-3H,4,11H2,10H3. The molecule has 1 rings (SSSR count). The van der Waals surface area contributed by atoms with Crippen molar-refractivity contribution in [3.05, 3.63) is 23.3 Å². The monoisotopic (exact) mass is 224 g/mol. The van der Waals surface area contributed by atoms with E-state index in [4.69, 9.17) is 27.3 Å². The van der Waals surface area contributed by atoms with Crippen LogP contribution >= 0.6 is 23.2 Å². The van der Waals surface area contributed by atoms with Crippen LogP contribution in [0.3, 0.4) is 0 Å². The molecule has 1 nitrogen and oxygen atoms in total. The van der Waals surface area contributed by atoms with Crippen LogP contribution in [-0.4, -0.2) is 24.7 Å². The molecule has 1 atom stereocenters. The van der Waals surface area contributed by atoms with E-state index < -0.39 is 9.76 Å². The van der Waals surface area contributed by atoms with E-state index in [1.165, 1.54) is 0 Å². The van der Waals surface area contributed by atoms with Crippen LogP contribution < -0.4 is 0 Å². The Morgan fingerprint density at radius 3 is 3.00 bits per heavy atom. The quantitative estimate of drug-likeness (QED) is 0.488. The Hall–Kier alpha value is 0.454. The molecule has 11 heavy (non-hydrogen) atoms. The molecule has 0 saturated carbocycles. The lowest BCUT2D eigenvalue weighted by atomic mass is 10.2. The van der Waals surface area contributed by atoms with Gasteiger partial charge < -0.3 is 4.12 Å². The van der Waals surface area contributed by atoms with Crippen molar-refractivity contribution in [1.29, 1.82) is 0 Å². The van der Waals surface area contributed by atoms with Crippen LogP contribution in [0.25, 0.3) is 0 Å². The Labute approximate surface area is 81.9 Å². The second kappa shape index (κ2) is 3.91. The predicted molar refractivity (Wildman–Crippen MR) is 55.8 cm³/mol. The lowest BCUT2D eigenvalue weighted by Crippen LogP contribution is -2.30. The van der Waals surface area contributed by atoms with Gasteiger partial charge in [-0.25, -0.2) is 0 Å². The van der Waals surface area contributed by atoms with Gasteiger partial charge in [0.25, 0.3) is 0 Å². The average molecular weight is 225 g/mol. The Morgan fingerprint density at radius 2 is 2.45 bits per heavy atom. The van der Waals surface area contributed by atoms with E-state index in [0.29, 0.717) is 0 Å². The van der Waals surface area contributed by atoms with Crippen molar-refractivity contribution in [2.45, 2.75) is 10.9 Å². The molecule has 0 spiro atoms. The van der Waals surface area contributed by atoms with E-state index in [1.54, 1.807) is 0 Å². The van der Waals surface area contributed by atoms with Crippen LogP contribution in [0.1, 0.15) is 6.42 Å². The van der Waals surface area contributed by atoms with Gasteiger partial charge in [-0.2, -0.15) is 0 Å². The maximum absolute atomic E-state index is 6.22. The number of hydrogen-bond donors (Lipinski definition) is 0. The van der Waals surface area contributed by atoms with E-state index in [-0.39, 0.29) is 4.50 Å². The predicted octanol–water partition coefficient (Wildman–Crippen LogP) is 0.385. The summed E-state index contributed by atoms with van der Waals surface area (Å²) in [6.45, 7) is 0. The molecule has 0 amide bonds. The van der Waals surface area contributed by atoms with Gasteiger partial charge in [0.05, 0.1) is 4.50 Å². The lowest BCUT2D eigenvalue weighted by Gasteiger charge is -2.23. The van der Waals surface area contributed by atoms with Gasteiger partial charge in [-0.1, -0.05) is 23.8 Å². The van der Waals surface area contributed by atoms with E-state index in [0.717, 1.165) is 21.9 Å². The summed E-state index contributed by atoms with van der Waals surface area (Å²) in [5.41, 5.74) is 0. The zero-order chi connectivity index (χ0) is 8.32. The first-order valence-electron chi connectivity index (χ1n) is 3.38. The first kappa shape index (κ1) is 9.54. The molecule has 0 fully saturated rings. The molecule has 1 aliphatic carbocycles. The second-order valence-corrected chi connectivity index (χ2v) is 8.16. The summed E-state index contributed by atoms with van der Waals surface area (Å²) in [5, 5.41) is 0.828. The molecule has 0 aromatic rings. The summed E-state index contributed by atoms with van der Waals surface area (Å²) in [4.78, 5) is 0. The first-order valence-corrected chi connectivity index (χ1v) is 6.24. The van der Waals surface area contributed by atoms with Gasteiger partial charge in [-0.15, -0.1) is 11.6 Å². The summed E-state index contributed by atoms with van der Waals surface area (Å²) in [6.07, 6.45) is 6.52. The number of halogens is 2. The molecular weight excluding hydrogens is 215 g/mol. The van der Waals surface area contributed by atoms with Crippen molar-refractivity contribution in [2.75, 3.05) is 0 Å². The van der Waals surface area contributed by atoms with Gasteiger partial charge in [0, 0.05) is 11.5 Å². The van der Waals surface area contributed by atoms with E-state index in [2.05, 4.69) is 0 Å². The highest BCUT2D eigenvalue weighted by molar-refractivity contribution is 6.56. The number of hydrogen-bond acceptors (Lipinski definition) is 1. The minimum Gasteiger partial charge on any atom is -0.466 e. The summed E-state index contributed by atoms with van der Waals surface area (Å²) < 4.78 is 4.98. The number of allylic oxidation sites excluding steroid dienone is 4. The van der Waals surface area contributed by atoms with Crippen LogP contribution in [0.5, 0.6) is 0 Å². The molecule has 0 aromatic heterocycles. The third-order valence-corrected chi connectivity index (χ3v) is 4.49. The first-order chi connectivity index (χ1) is 5.16. The highest BCUT2D eigenvalue weighted by Crippen LogP contribution is 2.30. The van der Waals surface area contributed by atoms with Crippen LogP contribution in [0.2, 0.25) is 0 Å². The lowest BCUT2D eigenvalue weighted by molar-refractivity contribution is 0.635. The summed E-state index contributed by atoms with van der Waals surface area (Å²) in [5.74, 6) is 0. The molecule has 0 radical (unpaired) electrons. The fraction of sp³-hybridized carbons (Fsp3) is 0.333. The van der Waals surface area contributed by atoms with Crippen molar-refractivity contribution in [2.24, 2.45) is 0 Å². The maximum atomic E-state index is 6.22. The minimum atomic E-state index is -0.637. The molecule has 1 unspecified atom stereocenters. The smallest absolute Gasteiger partial charge is 0.171 e. The van der Waals surface area contributed by atoms with E-state index in [9.17, 15) is 0 Å². The molecule has 0 N–H and O–H groups in total. The van der Waals surface area contributed by atoms with Crippen LogP contribution in [-0.2, 0) is 4.12 Å². The summed E-state index contributed by atoms with van der Waals surface area (Å²) >= 11 is 12.1. The van der Waals surface area contributed by atoms with Gasteiger partial charge >= 0.3 is 0 Å². The van der Waals surface area contributed by atoms with E-state index in [1.807, 2.05) is 18.2 Å². The van der Waals surface area contributed by atoms with Crippen molar-refractivity contribution in [1.82, 2.24) is 0 Å². The molecule has 0 saturated heterocycles. The van der Waals surface area contributed by atoms with Crippen molar-refractivity contribution < 1.29 is 4.12 Å². The van der Waals surface area contributed by atoms with Gasteiger partial charge in [0.15, 0.2) is 9.76 Å². The fourth-order valence-corrected chi connectivity index (χ4v) is 5.32. The van der Waals surface area contributed by atoms with Crippen LogP contribution in [0, 0.1) is 0 Å². The maximum Gasteiger partial charge on any atom is 0.171 e. The highest BCUT2D eigenvalue weighted by atomic mass is 35.5. The van der Waals surface area contributed by atoms with Crippen molar-refractivity contribution in [3.8, 4) is 0 Å². The number of alkyl halides is 1. The largest absolute Gasteiger partial charge is 0.466 e. The van der Waals surface area contributed by atoms with Crippen LogP contribution in [0.4, 0.5) is 0 Å². The van der Waals surface area contributed by atoms with Gasteiger partial charge in [-0.3, -0.25) is 0 Å². The number of rotatable bonds is 2. The Kier molecular flexibility index (Phi) is 3.39. The van der Waals surface area contributed by atoms with Crippen molar-refractivity contribution >= 4 is 43.5 Å². The summed E-state index contributed by atoms with van der Waals surface area (Å²) in [7, 11) is 0.143. The normalized spacial score (nSPS) is 31.6. The molecule has 62 valence electrons. The molecule has 1 aliphatic rings. The van der Waals surface area contributed by atoms with Crippen LogP contribution in [0.15, 0.2) is 23.3 Å². The summed E-state index contributed by atoms with van der Waals surface area (Å²) in [6, 6.07) is 0. The average Bonchev–Trinajstić information content (AvgIpc) is 1.86. The van der Waals surface area contributed by atoms with Gasteiger partial charge in [-0.05, 0) is 6.08 Å². The fourth-order valence-electron chi connectivity index (χ4n) is 1.06. The topological polar surface area (TPSA) is 9.23 Å². The second-order valence-electron chi connectivity index (χ2n) is 2.62. The van der Waals surface area contributed by atoms with E-state index >= 15 is 0 Å². The Bertz CT molecular complexity index is 205. The zero-order valence-corrected chi connectivity index (χ0v) is 11.2. The van der Waals surface area contributed by atoms with Gasteiger partial charge in [0.2, 0.25) is 0 Å². The third kappa shape index (κ3) is 2.76. The minimum absolute atomic E-state index is 0.256. The molecule has 0 heterocycles. The SMILES string of the molecule is [SiH3]O[SiH2]C1(Cl)C=CC=C(Cl)C1. The highest BCUT2D eigenvalue weighted by Gasteiger charge is 2.27. The zero-order valence-electron chi connectivity index (χ0n) is 6.31. The molecule has 0 bridgehead atoms. The molecule has 5 heteroatoms. The third-order valence-electron chi connectivity index (χ3n) is 1.52. The Balaban J connectivity index is 2.62. The molecular formula is C6H10Cl2OSi2. The Morgan fingerprint density at radius 1 is 1.73 bits per heavy atom. The van der Waals surface area contributed by atoms with Crippen molar-refractivity contribution in [3.63, 3.8) is 0 Å². The van der Waals surface area contributed by atoms with Gasteiger partial charge in [0.1, 0.15) is 10.5 Å².